The van der Waals surface area contributed by atoms with Crippen LogP contribution in [0.15, 0.2) is 60.7 Å². The monoisotopic (exact) mass is 696 g/mol. The van der Waals surface area contributed by atoms with Crippen LogP contribution in [-0.4, -0.2) is 77.2 Å². The molecule has 2 rings (SSSR count). The standard InChI is InChI=1S/C38H56N4O8/c1-9-16-27(26-19-14-11-15-20-26)30(43)23-38(7,39)32(44)31(34(46)40-29(35(47)49-8)22-25-17-12-10-13-18-25)42-33(45)28(21-24(2)3)41-36(48)50-37(4,5)6/h10-15,17-20,24,27-29,31-32,44H,9,16,21-23,39H2,1-8H3,(H,40,46)(H,41,48)(H,42,45)/t27?,28-,29-,31-,32?,38?/m0/s1. The third-order valence-electron chi connectivity index (χ3n) is 8.09. The molecule has 0 bridgehead atoms. The summed E-state index contributed by atoms with van der Waals surface area (Å²) in [6.07, 6.45) is -1.50. The second kappa shape index (κ2) is 19.2. The third kappa shape index (κ3) is 13.5. The van der Waals surface area contributed by atoms with Crippen LogP contribution in [0.5, 0.6) is 0 Å². The van der Waals surface area contributed by atoms with Gasteiger partial charge in [0.1, 0.15) is 35.6 Å². The van der Waals surface area contributed by atoms with Crippen molar-refractivity contribution in [2.45, 2.75) is 122 Å². The number of aliphatic hydroxyl groups excluding tert-OH is 1. The number of carbonyl (C=O) groups is 5. The first-order valence-electron chi connectivity index (χ1n) is 17.1. The predicted molar refractivity (Wildman–Crippen MR) is 191 cm³/mol. The van der Waals surface area contributed by atoms with Crippen LogP contribution < -0.4 is 21.7 Å². The Morgan fingerprint density at radius 3 is 1.94 bits per heavy atom. The van der Waals surface area contributed by atoms with Gasteiger partial charge in [-0.3, -0.25) is 14.4 Å². The minimum absolute atomic E-state index is 0.0559. The Kier molecular flexibility index (Phi) is 16.1. The molecule has 2 aromatic rings. The number of aliphatic hydroxyl groups is 1. The van der Waals surface area contributed by atoms with Gasteiger partial charge in [-0.25, -0.2) is 9.59 Å². The maximum Gasteiger partial charge on any atom is 0.408 e. The molecule has 0 aliphatic heterocycles. The number of carbonyl (C=O) groups excluding carboxylic acids is 5. The molecule has 0 heterocycles. The van der Waals surface area contributed by atoms with E-state index in [1.165, 1.54) is 14.0 Å². The molecule has 6 atom stereocenters. The van der Waals surface area contributed by atoms with E-state index < -0.39 is 65.2 Å². The Morgan fingerprint density at radius 2 is 1.42 bits per heavy atom. The smallest absolute Gasteiger partial charge is 0.408 e. The number of alkyl carbamates (subject to hydrolysis) is 1. The molecule has 0 saturated carbocycles. The fraction of sp³-hybridized carbons (Fsp3) is 0.553. The largest absolute Gasteiger partial charge is 0.467 e. The molecule has 0 saturated heterocycles. The summed E-state index contributed by atoms with van der Waals surface area (Å²) in [5.41, 5.74) is 5.61. The molecule has 0 spiro atoms. The molecule has 0 aromatic heterocycles. The Bertz CT molecular complexity index is 1410. The quantitative estimate of drug-likeness (QED) is 0.144. The van der Waals surface area contributed by atoms with E-state index in [-0.39, 0.29) is 31.0 Å². The van der Waals surface area contributed by atoms with E-state index in [4.69, 9.17) is 15.2 Å². The molecular weight excluding hydrogens is 640 g/mol. The summed E-state index contributed by atoms with van der Waals surface area (Å²) in [5.74, 6) is -3.29. The van der Waals surface area contributed by atoms with Crippen molar-refractivity contribution in [3.8, 4) is 0 Å². The number of nitrogens with one attached hydrogen (secondary N) is 3. The van der Waals surface area contributed by atoms with Crippen LogP contribution in [-0.2, 0) is 35.1 Å². The highest BCUT2D eigenvalue weighted by Crippen LogP contribution is 2.28. The molecule has 0 aliphatic rings. The average Bonchev–Trinajstić information content (AvgIpc) is 3.04. The van der Waals surface area contributed by atoms with Gasteiger partial charge in [0.25, 0.3) is 0 Å². The molecule has 50 heavy (non-hydrogen) atoms. The predicted octanol–water partition coefficient (Wildman–Crippen LogP) is 3.93. The Hall–Kier alpha value is -4.29. The van der Waals surface area contributed by atoms with Crippen LogP contribution in [0.4, 0.5) is 4.79 Å². The SMILES string of the molecule is CCCC(C(=O)CC(C)(N)C(O)[C@H](NC(=O)[C@H](CC(C)C)NC(=O)OC(C)(C)C)C(=O)N[C@@H](Cc1ccccc1)C(=O)OC)c1ccccc1. The zero-order chi connectivity index (χ0) is 37.6. The van der Waals surface area contributed by atoms with Gasteiger partial charge in [0.2, 0.25) is 11.8 Å². The molecule has 2 aromatic carbocycles. The summed E-state index contributed by atoms with van der Waals surface area (Å²) in [7, 11) is 1.18. The number of ether oxygens (including phenoxy) is 2. The summed E-state index contributed by atoms with van der Waals surface area (Å²) >= 11 is 0. The number of rotatable bonds is 18. The lowest BCUT2D eigenvalue weighted by molar-refractivity contribution is -0.146. The second-order valence-electron chi connectivity index (χ2n) is 14.4. The average molecular weight is 697 g/mol. The molecule has 3 amide bonds. The van der Waals surface area contributed by atoms with Gasteiger partial charge < -0.3 is 36.3 Å². The Labute approximate surface area is 296 Å². The normalized spacial score (nSPS) is 15.7. The van der Waals surface area contributed by atoms with Crippen LogP contribution in [0, 0.1) is 5.92 Å². The topological polar surface area (TPSA) is 186 Å². The fourth-order valence-electron chi connectivity index (χ4n) is 5.61. The number of hydrogen-bond acceptors (Lipinski definition) is 9. The van der Waals surface area contributed by atoms with Crippen LogP contribution >= 0.6 is 0 Å². The van der Waals surface area contributed by atoms with Gasteiger partial charge in [-0.05, 0) is 57.6 Å². The minimum atomic E-state index is -1.82. The van der Waals surface area contributed by atoms with Crippen molar-refractivity contribution in [2.24, 2.45) is 11.7 Å². The van der Waals surface area contributed by atoms with E-state index in [9.17, 15) is 29.1 Å². The molecule has 0 aliphatic carbocycles. The maximum atomic E-state index is 14.0. The van der Waals surface area contributed by atoms with Crippen molar-refractivity contribution in [3.05, 3.63) is 71.8 Å². The lowest BCUT2D eigenvalue weighted by atomic mass is 9.79. The number of amides is 3. The fourth-order valence-corrected chi connectivity index (χ4v) is 5.61. The summed E-state index contributed by atoms with van der Waals surface area (Å²) < 4.78 is 10.3. The molecular formula is C38H56N4O8. The zero-order valence-electron chi connectivity index (χ0n) is 30.7. The van der Waals surface area contributed by atoms with Crippen molar-refractivity contribution >= 4 is 29.7 Å². The second-order valence-corrected chi connectivity index (χ2v) is 14.4. The van der Waals surface area contributed by atoms with Gasteiger partial charge in [0.15, 0.2) is 0 Å². The van der Waals surface area contributed by atoms with E-state index in [1.54, 1.807) is 45.0 Å². The molecule has 6 N–H and O–H groups in total. The van der Waals surface area contributed by atoms with Crippen LogP contribution in [0.2, 0.25) is 0 Å². The lowest BCUT2D eigenvalue weighted by Crippen LogP contribution is -2.66. The van der Waals surface area contributed by atoms with Gasteiger partial charge in [-0.2, -0.15) is 0 Å². The Balaban J connectivity index is 2.48. The number of hydrogen-bond donors (Lipinski definition) is 5. The van der Waals surface area contributed by atoms with Crippen molar-refractivity contribution < 1.29 is 38.6 Å². The van der Waals surface area contributed by atoms with Gasteiger partial charge in [0, 0.05) is 24.3 Å². The number of ketones is 1. The van der Waals surface area contributed by atoms with Crippen LogP contribution in [0.1, 0.15) is 91.2 Å². The lowest BCUT2D eigenvalue weighted by Gasteiger charge is -2.37. The van der Waals surface area contributed by atoms with E-state index in [0.29, 0.717) is 12.8 Å². The number of methoxy groups -OCH3 is 1. The number of Topliss-reactive ketones (excluding diaryl/α,β-unsaturated/α-hetero) is 1. The van der Waals surface area contributed by atoms with E-state index in [0.717, 1.165) is 11.1 Å². The van der Waals surface area contributed by atoms with Crippen molar-refractivity contribution in [3.63, 3.8) is 0 Å². The van der Waals surface area contributed by atoms with Crippen molar-refractivity contribution in [2.75, 3.05) is 7.11 Å². The van der Waals surface area contributed by atoms with E-state index >= 15 is 0 Å². The van der Waals surface area contributed by atoms with Crippen LogP contribution in [0.25, 0.3) is 0 Å². The molecule has 0 fully saturated rings. The van der Waals surface area contributed by atoms with Gasteiger partial charge >= 0.3 is 12.1 Å². The van der Waals surface area contributed by atoms with Gasteiger partial charge in [0.05, 0.1) is 7.11 Å². The van der Waals surface area contributed by atoms with Gasteiger partial charge in [-0.1, -0.05) is 87.9 Å². The highest BCUT2D eigenvalue weighted by Gasteiger charge is 2.44. The number of nitrogens with two attached hydrogens (primary N) is 1. The maximum absolute atomic E-state index is 14.0. The molecule has 12 heteroatoms. The highest BCUT2D eigenvalue weighted by molar-refractivity contribution is 5.94. The summed E-state index contributed by atoms with van der Waals surface area (Å²) in [6, 6.07) is 14.1. The molecule has 3 unspecified atom stereocenters. The molecule has 12 nitrogen and oxygen atoms in total. The molecule has 0 radical (unpaired) electrons. The molecule has 276 valence electrons. The van der Waals surface area contributed by atoms with Gasteiger partial charge in [-0.15, -0.1) is 0 Å². The Morgan fingerprint density at radius 1 is 0.840 bits per heavy atom. The zero-order valence-corrected chi connectivity index (χ0v) is 30.7. The first-order chi connectivity index (χ1) is 23.4. The summed E-state index contributed by atoms with van der Waals surface area (Å²) in [5, 5.41) is 19.5. The van der Waals surface area contributed by atoms with Crippen molar-refractivity contribution in [1.82, 2.24) is 16.0 Å². The number of benzene rings is 2. The van der Waals surface area contributed by atoms with E-state index in [1.807, 2.05) is 57.2 Å². The van der Waals surface area contributed by atoms with Crippen molar-refractivity contribution in [1.29, 1.82) is 0 Å². The first-order valence-corrected chi connectivity index (χ1v) is 17.1. The number of esters is 1. The first kappa shape index (κ1) is 41.9. The summed E-state index contributed by atoms with van der Waals surface area (Å²) in [4.78, 5) is 67.1. The highest BCUT2D eigenvalue weighted by atomic mass is 16.6. The third-order valence-corrected chi connectivity index (χ3v) is 8.09. The van der Waals surface area contributed by atoms with E-state index in [2.05, 4.69) is 16.0 Å². The van der Waals surface area contributed by atoms with Crippen LogP contribution in [0.3, 0.4) is 0 Å². The minimum Gasteiger partial charge on any atom is -0.467 e. The summed E-state index contributed by atoms with van der Waals surface area (Å²) in [6.45, 7) is 12.1.